The minimum Gasteiger partial charge on any atom is -0.415 e. The van der Waals surface area contributed by atoms with Crippen molar-refractivity contribution in [1.29, 1.82) is 0 Å². The van der Waals surface area contributed by atoms with Gasteiger partial charge in [0.15, 0.2) is 5.76 Å². The summed E-state index contributed by atoms with van der Waals surface area (Å²) in [7, 11) is 0. The third-order valence-electron chi connectivity index (χ3n) is 3.14. The molecule has 2 aromatic rings. The maximum Gasteiger partial charge on any atom is 0.385 e. The molecule has 1 heterocycles. The zero-order chi connectivity index (χ0) is 14.8. The van der Waals surface area contributed by atoms with Crippen LogP contribution in [-0.4, -0.2) is 17.5 Å². The summed E-state index contributed by atoms with van der Waals surface area (Å²) in [5.41, 5.74) is 0.880. The van der Waals surface area contributed by atoms with Gasteiger partial charge in [0.1, 0.15) is 0 Å². The fraction of sp³-hybridized carbons (Fsp3) is 0. The molecule has 21 heavy (non-hydrogen) atoms. The van der Waals surface area contributed by atoms with Gasteiger partial charge in [-0.15, -0.1) is 0 Å². The minimum absolute atomic E-state index is 0.0226. The fourth-order valence-corrected chi connectivity index (χ4v) is 2.14. The molecule has 0 atom stereocenters. The zero-order valence-electron chi connectivity index (χ0n) is 10.9. The average Bonchev–Trinajstić information content (AvgIpc) is 2.84. The van der Waals surface area contributed by atoms with Crippen molar-refractivity contribution < 1.29 is 19.1 Å². The lowest BCUT2D eigenvalue weighted by Crippen LogP contribution is -2.09. The number of carbonyl (C=O) groups is 3. The Balaban J connectivity index is 2.13. The van der Waals surface area contributed by atoms with Crippen molar-refractivity contribution in [3.63, 3.8) is 0 Å². The lowest BCUT2D eigenvalue weighted by molar-refractivity contribution is -0.145. The summed E-state index contributed by atoms with van der Waals surface area (Å²) in [6.45, 7) is 0. The molecule has 0 aliphatic carbocycles. The van der Waals surface area contributed by atoms with E-state index in [-0.39, 0.29) is 11.3 Å². The molecule has 102 valence electrons. The predicted octanol–water partition coefficient (Wildman–Crippen LogP) is 2.41. The topological polar surface area (TPSA) is 60.4 Å². The molecule has 1 aliphatic heterocycles. The Labute approximate surface area is 120 Å². The van der Waals surface area contributed by atoms with Gasteiger partial charge in [-0.2, -0.15) is 0 Å². The van der Waals surface area contributed by atoms with Crippen LogP contribution in [0.2, 0.25) is 0 Å². The summed E-state index contributed by atoms with van der Waals surface area (Å²) < 4.78 is 4.90. The van der Waals surface area contributed by atoms with Gasteiger partial charge < -0.3 is 4.74 Å². The van der Waals surface area contributed by atoms with Crippen LogP contribution >= 0.6 is 0 Å². The number of hydrogen-bond donors (Lipinski definition) is 0. The van der Waals surface area contributed by atoms with Gasteiger partial charge in [0, 0.05) is 5.56 Å². The molecule has 1 aliphatic rings. The van der Waals surface area contributed by atoms with Gasteiger partial charge in [-0.05, 0) is 5.56 Å². The number of benzene rings is 2. The smallest absolute Gasteiger partial charge is 0.385 e. The SMILES string of the molecule is O=C1OC(C(=O)c2ccccc2)=C(c2ccccc2)C1=O. The summed E-state index contributed by atoms with van der Waals surface area (Å²) in [6, 6.07) is 16.9. The van der Waals surface area contributed by atoms with Gasteiger partial charge in [0.05, 0.1) is 5.57 Å². The van der Waals surface area contributed by atoms with E-state index in [1.165, 1.54) is 0 Å². The van der Waals surface area contributed by atoms with Crippen LogP contribution in [0.15, 0.2) is 66.4 Å². The first-order chi connectivity index (χ1) is 10.2. The van der Waals surface area contributed by atoms with E-state index in [4.69, 9.17) is 4.74 Å². The third-order valence-corrected chi connectivity index (χ3v) is 3.14. The van der Waals surface area contributed by atoms with Crippen molar-refractivity contribution >= 4 is 23.1 Å². The highest BCUT2D eigenvalue weighted by atomic mass is 16.6. The number of carbonyl (C=O) groups excluding carboxylic acids is 3. The molecule has 0 bridgehead atoms. The number of Topliss-reactive ketones (excluding diaryl/α,β-unsaturated/α-hetero) is 2. The zero-order valence-corrected chi connectivity index (χ0v) is 10.9. The molecular formula is C17H10O4. The van der Waals surface area contributed by atoms with Gasteiger partial charge in [0.25, 0.3) is 5.78 Å². The number of allylic oxidation sites excluding steroid dienone is 1. The molecule has 0 unspecified atom stereocenters. The van der Waals surface area contributed by atoms with Crippen LogP contribution in [0, 0.1) is 0 Å². The highest BCUT2D eigenvalue weighted by Crippen LogP contribution is 2.29. The number of esters is 1. The quantitative estimate of drug-likeness (QED) is 0.491. The first-order valence-electron chi connectivity index (χ1n) is 6.34. The Hall–Kier alpha value is -3.01. The molecule has 2 aromatic carbocycles. The second-order valence-electron chi connectivity index (χ2n) is 4.48. The van der Waals surface area contributed by atoms with E-state index in [9.17, 15) is 14.4 Å². The first-order valence-corrected chi connectivity index (χ1v) is 6.34. The van der Waals surface area contributed by atoms with E-state index in [1.54, 1.807) is 60.7 Å². The number of ether oxygens (including phenoxy) is 1. The summed E-state index contributed by atoms with van der Waals surface area (Å²) in [5.74, 6) is -2.50. The maximum atomic E-state index is 12.4. The van der Waals surface area contributed by atoms with Crippen LogP contribution in [0.5, 0.6) is 0 Å². The van der Waals surface area contributed by atoms with E-state index in [1.807, 2.05) is 0 Å². The lowest BCUT2D eigenvalue weighted by Gasteiger charge is -2.03. The van der Waals surface area contributed by atoms with Crippen LogP contribution in [-0.2, 0) is 14.3 Å². The van der Waals surface area contributed by atoms with Crippen molar-refractivity contribution in [1.82, 2.24) is 0 Å². The molecule has 0 N–H and O–H groups in total. The summed E-state index contributed by atoms with van der Waals surface area (Å²) in [5, 5.41) is 0. The number of cyclic esters (lactones) is 1. The fourth-order valence-electron chi connectivity index (χ4n) is 2.14. The van der Waals surface area contributed by atoms with E-state index in [2.05, 4.69) is 0 Å². The van der Waals surface area contributed by atoms with Crippen molar-refractivity contribution in [2.75, 3.05) is 0 Å². The Bertz CT molecular complexity index is 758. The molecule has 0 amide bonds. The molecule has 0 radical (unpaired) electrons. The normalized spacial score (nSPS) is 14.3. The van der Waals surface area contributed by atoms with Crippen molar-refractivity contribution in [3.8, 4) is 0 Å². The van der Waals surface area contributed by atoms with Gasteiger partial charge >= 0.3 is 5.97 Å². The average molecular weight is 278 g/mol. The predicted molar refractivity (Wildman–Crippen MR) is 75.2 cm³/mol. The molecule has 0 saturated carbocycles. The lowest BCUT2D eigenvalue weighted by atomic mass is 9.98. The summed E-state index contributed by atoms with van der Waals surface area (Å²) >= 11 is 0. The van der Waals surface area contributed by atoms with E-state index in [0.717, 1.165) is 0 Å². The molecular weight excluding hydrogens is 268 g/mol. The van der Waals surface area contributed by atoms with E-state index in [0.29, 0.717) is 11.1 Å². The molecule has 0 aromatic heterocycles. The second kappa shape index (κ2) is 5.17. The molecule has 4 nitrogen and oxygen atoms in total. The highest BCUT2D eigenvalue weighted by molar-refractivity contribution is 6.56. The van der Waals surface area contributed by atoms with Crippen molar-refractivity contribution in [3.05, 3.63) is 77.5 Å². The largest absolute Gasteiger partial charge is 0.415 e. The van der Waals surface area contributed by atoms with Crippen LogP contribution in [0.3, 0.4) is 0 Å². The minimum atomic E-state index is -1.02. The number of hydrogen-bond acceptors (Lipinski definition) is 4. The second-order valence-corrected chi connectivity index (χ2v) is 4.48. The first kappa shape index (κ1) is 13.0. The van der Waals surface area contributed by atoms with Gasteiger partial charge in [-0.3, -0.25) is 9.59 Å². The maximum absolute atomic E-state index is 12.4. The Morgan fingerprint density at radius 3 is 2.00 bits per heavy atom. The Morgan fingerprint density at radius 2 is 1.38 bits per heavy atom. The van der Waals surface area contributed by atoms with Gasteiger partial charge in [-0.1, -0.05) is 60.7 Å². The van der Waals surface area contributed by atoms with Crippen LogP contribution < -0.4 is 0 Å². The van der Waals surface area contributed by atoms with Crippen LogP contribution in [0.4, 0.5) is 0 Å². The van der Waals surface area contributed by atoms with Crippen molar-refractivity contribution in [2.24, 2.45) is 0 Å². The molecule has 0 fully saturated rings. The monoisotopic (exact) mass is 278 g/mol. The van der Waals surface area contributed by atoms with E-state index < -0.39 is 17.5 Å². The molecule has 0 saturated heterocycles. The third kappa shape index (κ3) is 2.27. The van der Waals surface area contributed by atoms with Gasteiger partial charge in [0.2, 0.25) is 5.78 Å². The van der Waals surface area contributed by atoms with Gasteiger partial charge in [-0.25, -0.2) is 4.79 Å². The Kier molecular flexibility index (Phi) is 3.20. The molecule has 3 rings (SSSR count). The Morgan fingerprint density at radius 1 is 0.810 bits per heavy atom. The number of rotatable bonds is 3. The van der Waals surface area contributed by atoms with Crippen LogP contribution in [0.1, 0.15) is 15.9 Å². The van der Waals surface area contributed by atoms with Crippen molar-refractivity contribution in [2.45, 2.75) is 0 Å². The van der Waals surface area contributed by atoms with E-state index >= 15 is 0 Å². The molecule has 0 spiro atoms. The highest BCUT2D eigenvalue weighted by Gasteiger charge is 2.38. The summed E-state index contributed by atoms with van der Waals surface area (Å²) in [6.07, 6.45) is 0. The van der Waals surface area contributed by atoms with Crippen LogP contribution in [0.25, 0.3) is 5.57 Å². The summed E-state index contributed by atoms with van der Waals surface area (Å²) in [4.78, 5) is 35.9. The number of ketones is 2. The standard InChI is InChI=1S/C17H10O4/c18-14(12-9-5-2-6-10-12)16-13(15(19)17(20)21-16)11-7-3-1-4-8-11/h1-10H. The molecule has 4 heteroatoms.